The molecule has 0 bridgehead atoms. The molecule has 0 fully saturated rings. The van der Waals surface area contributed by atoms with Gasteiger partial charge in [-0.25, -0.2) is 23.1 Å². The number of carbonyl (C=O) groups excluding carboxylic acids is 1. The minimum atomic E-state index is -1.00. The van der Waals surface area contributed by atoms with E-state index in [4.69, 9.17) is 9.73 Å². The molecule has 2 aliphatic heterocycles. The lowest BCUT2D eigenvalue weighted by atomic mass is 10.1. The molecule has 39 heavy (non-hydrogen) atoms. The molecule has 2 aromatic rings. The van der Waals surface area contributed by atoms with E-state index in [9.17, 15) is 18.0 Å². The molecule has 1 amide bonds. The molecular weight excluding hydrogens is 509 g/mol. The molecule has 0 saturated heterocycles. The zero-order chi connectivity index (χ0) is 28.2. The highest BCUT2D eigenvalue weighted by molar-refractivity contribution is 5.91. The van der Waals surface area contributed by atoms with Crippen LogP contribution >= 0.6 is 0 Å². The van der Waals surface area contributed by atoms with Gasteiger partial charge in [0, 0.05) is 13.2 Å². The Balaban J connectivity index is 1.67. The molecule has 0 spiro atoms. The van der Waals surface area contributed by atoms with Gasteiger partial charge >= 0.3 is 0 Å². The number of alkyl halides is 1. The molecule has 2 aliphatic rings. The maximum atomic E-state index is 14.9. The van der Waals surface area contributed by atoms with Crippen LogP contribution in [0, 0.1) is 11.6 Å². The van der Waals surface area contributed by atoms with E-state index in [1.807, 2.05) is 13.8 Å². The average Bonchev–Trinajstić information content (AvgIpc) is 3.33. The number of benzene rings is 1. The van der Waals surface area contributed by atoms with Crippen molar-refractivity contribution in [3.05, 3.63) is 76.8 Å². The number of likely N-dealkylation sites (N-methyl/N-ethyl adjacent to an activating group) is 1. The van der Waals surface area contributed by atoms with Gasteiger partial charge in [0.25, 0.3) is 0 Å². The van der Waals surface area contributed by atoms with Gasteiger partial charge in [-0.1, -0.05) is 19.1 Å². The first kappa shape index (κ1) is 27.9. The molecule has 0 radical (unpaired) electrons. The second kappa shape index (κ2) is 11.7. The smallest absolute Gasteiger partial charge is 0.248 e. The summed E-state index contributed by atoms with van der Waals surface area (Å²) in [7, 11) is 1.73. The summed E-state index contributed by atoms with van der Waals surface area (Å²) in [5, 5.41) is 0. The topological polar surface area (TPSA) is 75.3 Å². The van der Waals surface area contributed by atoms with E-state index in [2.05, 4.69) is 9.98 Å². The summed E-state index contributed by atoms with van der Waals surface area (Å²) in [6, 6.07) is 2.03. The van der Waals surface area contributed by atoms with Gasteiger partial charge in [-0.3, -0.25) is 14.7 Å². The van der Waals surface area contributed by atoms with Crippen molar-refractivity contribution in [2.24, 2.45) is 9.98 Å². The van der Waals surface area contributed by atoms with Gasteiger partial charge < -0.3 is 14.2 Å². The maximum absolute atomic E-state index is 14.9. The number of aromatic nitrogens is 2. The summed E-state index contributed by atoms with van der Waals surface area (Å²) >= 11 is 0. The van der Waals surface area contributed by atoms with Crippen molar-refractivity contribution < 1.29 is 22.7 Å². The van der Waals surface area contributed by atoms with Gasteiger partial charge in [-0.15, -0.1) is 0 Å². The number of hydrogen-bond donors (Lipinski definition) is 0. The van der Waals surface area contributed by atoms with Crippen LogP contribution in [0.5, 0.6) is 5.75 Å². The van der Waals surface area contributed by atoms with Crippen molar-refractivity contribution in [3.63, 3.8) is 0 Å². The van der Waals surface area contributed by atoms with Gasteiger partial charge in [0.1, 0.15) is 12.5 Å². The molecule has 0 N–H and O–H groups in total. The largest absolute Gasteiger partial charge is 0.490 e. The number of imidazole rings is 1. The molecular formula is C28H31F3N6O2. The van der Waals surface area contributed by atoms with E-state index in [-0.39, 0.29) is 42.7 Å². The van der Waals surface area contributed by atoms with Crippen LogP contribution in [0.15, 0.2) is 63.9 Å². The van der Waals surface area contributed by atoms with Gasteiger partial charge in [0.05, 0.1) is 55.4 Å². The molecule has 1 unspecified atom stereocenters. The highest BCUT2D eigenvalue weighted by Crippen LogP contribution is 2.32. The first-order valence-corrected chi connectivity index (χ1v) is 12.6. The highest BCUT2D eigenvalue weighted by Gasteiger charge is 2.34. The monoisotopic (exact) mass is 540 g/mol. The maximum Gasteiger partial charge on any atom is 0.248 e. The predicted molar refractivity (Wildman–Crippen MR) is 144 cm³/mol. The molecule has 1 aromatic heterocycles. The van der Waals surface area contributed by atoms with Crippen LogP contribution in [0.4, 0.5) is 13.2 Å². The van der Waals surface area contributed by atoms with Crippen LogP contribution in [-0.4, -0.2) is 64.6 Å². The molecule has 4 rings (SSSR count). The van der Waals surface area contributed by atoms with E-state index in [1.54, 1.807) is 66.6 Å². The Morgan fingerprint density at radius 2 is 2.03 bits per heavy atom. The first-order chi connectivity index (χ1) is 18.7. The van der Waals surface area contributed by atoms with Crippen molar-refractivity contribution in [1.82, 2.24) is 19.4 Å². The fourth-order valence-electron chi connectivity index (χ4n) is 4.12. The van der Waals surface area contributed by atoms with E-state index in [0.717, 1.165) is 12.1 Å². The van der Waals surface area contributed by atoms with Gasteiger partial charge in [0.2, 0.25) is 5.91 Å². The SMILES string of the molecule is C/C=C(\C=C/c1cn(C2(C)C=NC3=C(C=N2)N(C)CC(=O)N3Cc2c(F)ccc(F)c2OCCC)cn1)CF. The molecule has 0 aliphatic carbocycles. The summed E-state index contributed by atoms with van der Waals surface area (Å²) in [6.45, 7) is 4.80. The summed E-state index contributed by atoms with van der Waals surface area (Å²) in [4.78, 5) is 29.8. The Labute approximate surface area is 225 Å². The number of aliphatic imine (C=N–C) groups is 2. The van der Waals surface area contributed by atoms with Gasteiger partial charge in [0.15, 0.2) is 23.1 Å². The highest BCUT2D eigenvalue weighted by atomic mass is 19.1. The lowest BCUT2D eigenvalue weighted by Gasteiger charge is -2.34. The molecule has 0 saturated carbocycles. The summed E-state index contributed by atoms with van der Waals surface area (Å²) in [6.07, 6.45) is 12.2. The standard InChI is InChI=1S/C28H31F3N6O2/c1-5-11-39-26-21(22(30)9-10-23(26)31)15-37-25(38)16-35(4)24-13-34-28(3,17-32-27(24)37)36-14-20(33-18-36)8-7-19(6-2)12-29/h6-10,13-14,17-18H,5,11-12,15-16H2,1-4H3/b8-7-,19-6+. The Kier molecular flexibility index (Phi) is 8.37. The lowest BCUT2D eigenvalue weighted by Crippen LogP contribution is -2.44. The van der Waals surface area contributed by atoms with Gasteiger partial charge in [-0.05, 0) is 44.1 Å². The quantitative estimate of drug-likeness (QED) is 0.426. The van der Waals surface area contributed by atoms with Crippen LogP contribution in [0.3, 0.4) is 0 Å². The molecule has 8 nitrogen and oxygen atoms in total. The molecule has 1 atom stereocenters. The van der Waals surface area contributed by atoms with E-state index < -0.39 is 24.0 Å². The summed E-state index contributed by atoms with van der Waals surface area (Å²) in [5.41, 5.74) is 0.613. The van der Waals surface area contributed by atoms with E-state index in [1.165, 1.54) is 4.90 Å². The number of rotatable bonds is 9. The van der Waals surface area contributed by atoms with Crippen molar-refractivity contribution in [3.8, 4) is 5.75 Å². The second-order valence-corrected chi connectivity index (χ2v) is 9.38. The number of allylic oxidation sites excluding steroid dienone is 4. The molecule has 206 valence electrons. The van der Waals surface area contributed by atoms with Crippen LogP contribution in [0.2, 0.25) is 0 Å². The second-order valence-electron chi connectivity index (χ2n) is 9.38. The van der Waals surface area contributed by atoms with Crippen molar-refractivity contribution in [1.29, 1.82) is 0 Å². The number of nitrogens with zero attached hydrogens (tertiary/aromatic N) is 6. The van der Waals surface area contributed by atoms with E-state index in [0.29, 0.717) is 23.4 Å². The summed E-state index contributed by atoms with van der Waals surface area (Å²) in [5.74, 6) is -1.67. The number of amides is 1. The Morgan fingerprint density at radius 1 is 1.26 bits per heavy atom. The van der Waals surface area contributed by atoms with Crippen molar-refractivity contribution in [2.45, 2.75) is 39.4 Å². The minimum Gasteiger partial charge on any atom is -0.490 e. The summed E-state index contributed by atoms with van der Waals surface area (Å²) < 4.78 is 49.8. The number of carbonyl (C=O) groups is 1. The third-order valence-electron chi connectivity index (χ3n) is 6.49. The third-order valence-corrected chi connectivity index (χ3v) is 6.49. The van der Waals surface area contributed by atoms with Crippen molar-refractivity contribution >= 4 is 24.4 Å². The first-order valence-electron chi connectivity index (χ1n) is 12.6. The third kappa shape index (κ3) is 5.81. The Hall–Kier alpha value is -4.15. The average molecular weight is 541 g/mol. The van der Waals surface area contributed by atoms with Crippen LogP contribution < -0.4 is 4.74 Å². The molecule has 3 heterocycles. The Bertz CT molecular complexity index is 1390. The van der Waals surface area contributed by atoms with Crippen LogP contribution in [0.1, 0.15) is 38.4 Å². The number of ether oxygens (including phenoxy) is 1. The fraction of sp³-hybridized carbons (Fsp3) is 0.357. The molecule has 1 aromatic carbocycles. The van der Waals surface area contributed by atoms with Crippen molar-refractivity contribution in [2.75, 3.05) is 26.9 Å². The fourth-order valence-corrected chi connectivity index (χ4v) is 4.12. The normalized spacial score (nSPS) is 19.8. The number of halogens is 3. The predicted octanol–water partition coefficient (Wildman–Crippen LogP) is 4.85. The Morgan fingerprint density at radius 3 is 2.74 bits per heavy atom. The zero-order valence-corrected chi connectivity index (χ0v) is 22.4. The lowest BCUT2D eigenvalue weighted by molar-refractivity contribution is -0.131. The molecule has 11 heteroatoms. The van der Waals surface area contributed by atoms with E-state index >= 15 is 0 Å². The zero-order valence-electron chi connectivity index (χ0n) is 22.4. The van der Waals surface area contributed by atoms with Crippen LogP contribution in [-0.2, 0) is 17.0 Å². The van der Waals surface area contributed by atoms with Crippen LogP contribution in [0.25, 0.3) is 6.08 Å². The minimum absolute atomic E-state index is 0.00103. The van der Waals surface area contributed by atoms with Gasteiger partial charge in [-0.2, -0.15) is 0 Å². The number of hydrogen-bond acceptors (Lipinski definition) is 6.